The molecule has 0 radical (unpaired) electrons. The van der Waals surface area contributed by atoms with E-state index >= 15 is 0 Å². The van der Waals surface area contributed by atoms with Crippen LogP contribution in [-0.2, 0) is 16.0 Å². The van der Waals surface area contributed by atoms with Crippen LogP contribution in [0.3, 0.4) is 0 Å². The first kappa shape index (κ1) is 14.8. The largest absolute Gasteiger partial charge is 0.452 e. The quantitative estimate of drug-likeness (QED) is 0.854. The van der Waals surface area contributed by atoms with Crippen molar-refractivity contribution in [2.45, 2.75) is 20.3 Å². The van der Waals surface area contributed by atoms with Crippen molar-refractivity contribution >= 4 is 17.6 Å². The molecule has 2 rings (SSSR count). The molecule has 6 heteroatoms. The summed E-state index contributed by atoms with van der Waals surface area (Å²) in [5, 5.41) is 6.40. The summed E-state index contributed by atoms with van der Waals surface area (Å²) in [7, 11) is 0. The van der Waals surface area contributed by atoms with Crippen LogP contribution < -0.4 is 5.32 Å². The van der Waals surface area contributed by atoms with Gasteiger partial charge in [-0.3, -0.25) is 4.79 Å². The number of esters is 1. The zero-order valence-electron chi connectivity index (χ0n) is 11.9. The van der Waals surface area contributed by atoms with Crippen LogP contribution in [0, 0.1) is 6.92 Å². The number of anilines is 1. The molecule has 1 aromatic carbocycles. The van der Waals surface area contributed by atoms with Crippen molar-refractivity contribution < 1.29 is 18.8 Å². The number of ether oxygens (including phenoxy) is 1. The van der Waals surface area contributed by atoms with E-state index < -0.39 is 11.9 Å². The number of nitrogens with zero attached hydrogens (tertiary/aromatic N) is 1. The van der Waals surface area contributed by atoms with E-state index in [2.05, 4.69) is 10.5 Å². The fourth-order valence-electron chi connectivity index (χ4n) is 1.84. The number of hydrogen-bond donors (Lipinski definition) is 1. The molecule has 2 aromatic rings. The standard InChI is InChI=1S/C15H16N2O4/c1-3-12-14(10(2)21-17-12)15(19)20-9-13(18)16-11-7-5-4-6-8-11/h4-8H,3,9H2,1-2H3,(H,16,18). The van der Waals surface area contributed by atoms with Crippen LogP contribution in [0.1, 0.15) is 28.7 Å². The third kappa shape index (κ3) is 3.68. The average molecular weight is 288 g/mol. The van der Waals surface area contributed by atoms with Gasteiger partial charge in [0.25, 0.3) is 5.91 Å². The Morgan fingerprint density at radius 1 is 1.29 bits per heavy atom. The fourth-order valence-corrected chi connectivity index (χ4v) is 1.84. The number of para-hydroxylation sites is 1. The second-order valence-electron chi connectivity index (χ2n) is 4.40. The fraction of sp³-hybridized carbons (Fsp3) is 0.267. The van der Waals surface area contributed by atoms with E-state index in [-0.39, 0.29) is 6.61 Å². The van der Waals surface area contributed by atoms with Crippen molar-refractivity contribution in [2.24, 2.45) is 0 Å². The van der Waals surface area contributed by atoms with E-state index in [1.165, 1.54) is 0 Å². The summed E-state index contributed by atoms with van der Waals surface area (Å²) < 4.78 is 9.95. The molecule has 1 aromatic heterocycles. The summed E-state index contributed by atoms with van der Waals surface area (Å²) >= 11 is 0. The number of carbonyl (C=O) groups excluding carboxylic acids is 2. The van der Waals surface area contributed by atoms with Crippen LogP contribution in [0.5, 0.6) is 0 Å². The summed E-state index contributed by atoms with van der Waals surface area (Å²) in [4.78, 5) is 23.7. The topological polar surface area (TPSA) is 81.4 Å². The molecule has 1 N–H and O–H groups in total. The Kier molecular flexibility index (Phi) is 4.71. The number of nitrogens with one attached hydrogen (secondary N) is 1. The SMILES string of the molecule is CCc1noc(C)c1C(=O)OCC(=O)Nc1ccccc1. The van der Waals surface area contributed by atoms with E-state index in [1.807, 2.05) is 13.0 Å². The molecular weight excluding hydrogens is 272 g/mol. The number of benzene rings is 1. The van der Waals surface area contributed by atoms with Gasteiger partial charge in [-0.05, 0) is 25.5 Å². The molecule has 21 heavy (non-hydrogen) atoms. The van der Waals surface area contributed by atoms with Crippen molar-refractivity contribution in [3.05, 3.63) is 47.3 Å². The third-order valence-corrected chi connectivity index (χ3v) is 2.86. The average Bonchev–Trinajstić information content (AvgIpc) is 2.87. The number of rotatable bonds is 5. The van der Waals surface area contributed by atoms with E-state index in [0.717, 1.165) is 0 Å². The molecule has 1 heterocycles. The monoisotopic (exact) mass is 288 g/mol. The second kappa shape index (κ2) is 6.69. The lowest BCUT2D eigenvalue weighted by Crippen LogP contribution is -2.21. The molecule has 0 spiro atoms. The Bertz CT molecular complexity index is 634. The zero-order valence-corrected chi connectivity index (χ0v) is 11.9. The van der Waals surface area contributed by atoms with Crippen LogP contribution in [-0.4, -0.2) is 23.6 Å². The van der Waals surface area contributed by atoms with Crippen molar-refractivity contribution in [1.29, 1.82) is 0 Å². The maximum absolute atomic E-state index is 12.0. The first-order chi connectivity index (χ1) is 10.1. The van der Waals surface area contributed by atoms with Gasteiger partial charge in [-0.15, -0.1) is 0 Å². The lowest BCUT2D eigenvalue weighted by molar-refractivity contribution is -0.119. The number of hydrogen-bond acceptors (Lipinski definition) is 5. The van der Waals surface area contributed by atoms with E-state index in [9.17, 15) is 9.59 Å². The Morgan fingerprint density at radius 3 is 2.67 bits per heavy atom. The van der Waals surface area contributed by atoms with Crippen LogP contribution in [0.15, 0.2) is 34.9 Å². The minimum atomic E-state index is -0.603. The number of aromatic nitrogens is 1. The lowest BCUT2D eigenvalue weighted by atomic mass is 10.1. The molecule has 6 nitrogen and oxygen atoms in total. The van der Waals surface area contributed by atoms with Gasteiger partial charge in [-0.1, -0.05) is 30.3 Å². The Labute approximate surface area is 122 Å². The molecule has 0 unspecified atom stereocenters. The molecular formula is C15H16N2O4. The third-order valence-electron chi connectivity index (χ3n) is 2.86. The van der Waals surface area contributed by atoms with Gasteiger partial charge < -0.3 is 14.6 Å². The summed E-state index contributed by atoms with van der Waals surface area (Å²) in [6, 6.07) is 8.94. The molecule has 0 aliphatic heterocycles. The molecule has 110 valence electrons. The Morgan fingerprint density at radius 2 is 2.00 bits per heavy atom. The molecule has 1 amide bonds. The first-order valence-electron chi connectivity index (χ1n) is 6.59. The van der Waals surface area contributed by atoms with Crippen molar-refractivity contribution in [2.75, 3.05) is 11.9 Å². The highest BCUT2D eigenvalue weighted by molar-refractivity contribution is 5.96. The predicted molar refractivity (Wildman–Crippen MR) is 76.0 cm³/mol. The van der Waals surface area contributed by atoms with Crippen LogP contribution in [0.25, 0.3) is 0 Å². The molecule has 0 aliphatic rings. The van der Waals surface area contributed by atoms with Gasteiger partial charge in [0.05, 0.1) is 5.69 Å². The van der Waals surface area contributed by atoms with Gasteiger partial charge in [0.1, 0.15) is 11.3 Å². The van der Waals surface area contributed by atoms with Crippen molar-refractivity contribution in [1.82, 2.24) is 5.16 Å². The lowest BCUT2D eigenvalue weighted by Gasteiger charge is -2.06. The highest BCUT2D eigenvalue weighted by Crippen LogP contribution is 2.15. The number of carbonyl (C=O) groups is 2. The molecule has 0 bridgehead atoms. The van der Waals surface area contributed by atoms with E-state index in [1.54, 1.807) is 31.2 Å². The zero-order chi connectivity index (χ0) is 15.2. The Balaban J connectivity index is 1.92. The molecule has 0 saturated heterocycles. The first-order valence-corrected chi connectivity index (χ1v) is 6.59. The smallest absolute Gasteiger partial charge is 0.344 e. The molecule has 0 fully saturated rings. The molecule has 0 saturated carbocycles. The minimum absolute atomic E-state index is 0.296. The van der Waals surface area contributed by atoms with Crippen LogP contribution >= 0.6 is 0 Å². The maximum Gasteiger partial charge on any atom is 0.344 e. The minimum Gasteiger partial charge on any atom is -0.452 e. The van der Waals surface area contributed by atoms with Crippen LogP contribution in [0.4, 0.5) is 5.69 Å². The number of aryl methyl sites for hydroxylation is 2. The van der Waals surface area contributed by atoms with Gasteiger partial charge >= 0.3 is 5.97 Å². The summed E-state index contributed by atoms with van der Waals surface area (Å²) in [5.74, 6) is -0.615. The van der Waals surface area contributed by atoms with Gasteiger partial charge in [0, 0.05) is 5.69 Å². The summed E-state index contributed by atoms with van der Waals surface area (Å²) in [6.45, 7) is 3.13. The summed E-state index contributed by atoms with van der Waals surface area (Å²) in [5.41, 5.74) is 1.47. The van der Waals surface area contributed by atoms with Gasteiger partial charge in [0.2, 0.25) is 0 Å². The van der Waals surface area contributed by atoms with E-state index in [0.29, 0.717) is 29.1 Å². The van der Waals surface area contributed by atoms with Gasteiger partial charge in [-0.2, -0.15) is 0 Å². The predicted octanol–water partition coefficient (Wildman–Crippen LogP) is 2.34. The molecule has 0 atom stereocenters. The van der Waals surface area contributed by atoms with E-state index in [4.69, 9.17) is 9.26 Å². The molecule has 0 aliphatic carbocycles. The van der Waals surface area contributed by atoms with Crippen molar-refractivity contribution in [3.8, 4) is 0 Å². The van der Waals surface area contributed by atoms with Crippen molar-refractivity contribution in [3.63, 3.8) is 0 Å². The van der Waals surface area contributed by atoms with Gasteiger partial charge in [0.15, 0.2) is 6.61 Å². The van der Waals surface area contributed by atoms with Crippen LogP contribution in [0.2, 0.25) is 0 Å². The van der Waals surface area contributed by atoms with Gasteiger partial charge in [-0.25, -0.2) is 4.79 Å². The normalized spacial score (nSPS) is 10.2. The maximum atomic E-state index is 12.0. The summed E-state index contributed by atoms with van der Waals surface area (Å²) in [6.07, 6.45) is 0.554. The highest BCUT2D eigenvalue weighted by Gasteiger charge is 2.21. The number of amides is 1. The Hall–Kier alpha value is -2.63. The second-order valence-corrected chi connectivity index (χ2v) is 4.40. The highest BCUT2D eigenvalue weighted by atomic mass is 16.5.